The van der Waals surface area contributed by atoms with Crippen LogP contribution in [0.3, 0.4) is 0 Å². The highest BCUT2D eigenvalue weighted by atomic mass is 16.5. The normalized spacial score (nSPS) is 11.7. The summed E-state index contributed by atoms with van der Waals surface area (Å²) in [7, 11) is 1.25. The van der Waals surface area contributed by atoms with Crippen LogP contribution in [0.5, 0.6) is 0 Å². The fourth-order valence-corrected chi connectivity index (χ4v) is 1.57. The van der Waals surface area contributed by atoms with Gasteiger partial charge in [0.2, 0.25) is 5.91 Å². The molecule has 1 atom stereocenters. The second-order valence-corrected chi connectivity index (χ2v) is 4.11. The third-order valence-corrected chi connectivity index (χ3v) is 2.60. The zero-order valence-corrected chi connectivity index (χ0v) is 11.5. The van der Waals surface area contributed by atoms with E-state index in [1.807, 2.05) is 10.8 Å². The van der Waals surface area contributed by atoms with E-state index in [1.165, 1.54) is 7.11 Å². The van der Waals surface area contributed by atoms with Crippen molar-refractivity contribution < 1.29 is 14.3 Å². The summed E-state index contributed by atoms with van der Waals surface area (Å²) in [4.78, 5) is 26.9. The van der Waals surface area contributed by atoms with Gasteiger partial charge in [0.25, 0.3) is 0 Å². The molecule has 0 fully saturated rings. The Kier molecular flexibility index (Phi) is 5.84. The average Bonchev–Trinajstić information content (AvgIpc) is 2.83. The van der Waals surface area contributed by atoms with E-state index in [-0.39, 0.29) is 5.91 Å². The molecule has 1 aromatic rings. The maximum Gasteiger partial charge on any atom is 0.407 e. The van der Waals surface area contributed by atoms with Gasteiger partial charge in [0, 0.05) is 18.9 Å². The molecule has 0 saturated carbocycles. The molecule has 0 aliphatic heterocycles. The van der Waals surface area contributed by atoms with Crippen LogP contribution in [0.25, 0.3) is 0 Å². The molecule has 1 heterocycles. The van der Waals surface area contributed by atoms with Crippen LogP contribution in [0.4, 0.5) is 4.79 Å². The van der Waals surface area contributed by atoms with Gasteiger partial charge in [0.15, 0.2) is 0 Å². The van der Waals surface area contributed by atoms with E-state index >= 15 is 0 Å². The van der Waals surface area contributed by atoms with E-state index in [0.29, 0.717) is 6.54 Å². The average molecular weight is 268 g/mol. The maximum atomic E-state index is 11.7. The van der Waals surface area contributed by atoms with Gasteiger partial charge in [-0.25, -0.2) is 9.78 Å². The van der Waals surface area contributed by atoms with E-state index in [1.54, 1.807) is 13.1 Å². The van der Waals surface area contributed by atoms with Gasteiger partial charge in [-0.3, -0.25) is 4.79 Å². The lowest BCUT2D eigenvalue weighted by Gasteiger charge is -2.13. The van der Waals surface area contributed by atoms with Crippen molar-refractivity contribution in [2.45, 2.75) is 39.4 Å². The number of imidazole rings is 1. The molecule has 7 heteroatoms. The van der Waals surface area contributed by atoms with Crippen molar-refractivity contribution in [1.82, 2.24) is 20.2 Å². The molecule has 7 nitrogen and oxygen atoms in total. The van der Waals surface area contributed by atoms with Gasteiger partial charge in [-0.1, -0.05) is 6.92 Å². The Morgan fingerprint density at radius 1 is 1.53 bits per heavy atom. The van der Waals surface area contributed by atoms with E-state index in [9.17, 15) is 9.59 Å². The first kappa shape index (κ1) is 15.0. The molecular formula is C12H20N4O3. The number of ether oxygens (including phenoxy) is 1. The van der Waals surface area contributed by atoms with Crippen molar-refractivity contribution >= 4 is 12.0 Å². The first-order chi connectivity index (χ1) is 9.08. The number of hydrogen-bond donors (Lipinski definition) is 2. The second-order valence-electron chi connectivity index (χ2n) is 4.11. The summed E-state index contributed by atoms with van der Waals surface area (Å²) in [5, 5.41) is 5.12. The van der Waals surface area contributed by atoms with Crippen LogP contribution in [0, 0.1) is 0 Å². The van der Waals surface area contributed by atoms with Gasteiger partial charge in [0.05, 0.1) is 13.7 Å². The van der Waals surface area contributed by atoms with Gasteiger partial charge in [-0.2, -0.15) is 0 Å². The molecule has 1 aromatic heterocycles. The largest absolute Gasteiger partial charge is 0.453 e. The standard InChI is InChI=1S/C12H20N4O3/c1-4-6-16-7-5-13-10(16)8-14-11(17)9(2)15-12(18)19-3/h5,7,9H,4,6,8H2,1-3H3,(H,14,17)(H,15,18)/t9-/m1/s1. The van der Waals surface area contributed by atoms with Gasteiger partial charge in [-0.15, -0.1) is 0 Å². The van der Waals surface area contributed by atoms with Crippen molar-refractivity contribution in [2.75, 3.05) is 7.11 Å². The zero-order valence-electron chi connectivity index (χ0n) is 11.5. The lowest BCUT2D eigenvalue weighted by molar-refractivity contribution is -0.122. The molecule has 0 aliphatic rings. The Hall–Kier alpha value is -2.05. The topological polar surface area (TPSA) is 85.3 Å². The number of hydrogen-bond acceptors (Lipinski definition) is 4. The summed E-state index contributed by atoms with van der Waals surface area (Å²) in [5.74, 6) is 0.511. The van der Waals surface area contributed by atoms with Gasteiger partial charge < -0.3 is 19.9 Å². The van der Waals surface area contributed by atoms with Crippen LogP contribution in [0.2, 0.25) is 0 Å². The Labute approximate surface area is 112 Å². The molecule has 0 radical (unpaired) electrons. The van der Waals surface area contributed by atoms with Crippen molar-refractivity contribution in [2.24, 2.45) is 0 Å². The lowest BCUT2D eigenvalue weighted by Crippen LogP contribution is -2.44. The number of rotatable bonds is 6. The maximum absolute atomic E-state index is 11.7. The van der Waals surface area contributed by atoms with Crippen molar-refractivity contribution in [3.8, 4) is 0 Å². The Morgan fingerprint density at radius 2 is 2.26 bits per heavy atom. The highest BCUT2D eigenvalue weighted by Gasteiger charge is 2.15. The number of aryl methyl sites for hydroxylation is 1. The van der Waals surface area contributed by atoms with Gasteiger partial charge in [0.1, 0.15) is 11.9 Å². The van der Waals surface area contributed by atoms with E-state index in [4.69, 9.17) is 0 Å². The Morgan fingerprint density at radius 3 is 2.89 bits per heavy atom. The number of methoxy groups -OCH3 is 1. The quantitative estimate of drug-likeness (QED) is 0.793. The molecule has 106 valence electrons. The van der Waals surface area contributed by atoms with Crippen molar-refractivity contribution in [1.29, 1.82) is 0 Å². The van der Waals surface area contributed by atoms with Crippen LogP contribution < -0.4 is 10.6 Å². The smallest absolute Gasteiger partial charge is 0.407 e. The summed E-state index contributed by atoms with van der Waals surface area (Å²) >= 11 is 0. The predicted octanol–water partition coefficient (Wildman–Crippen LogP) is 0.654. The predicted molar refractivity (Wildman–Crippen MR) is 69.4 cm³/mol. The molecule has 0 saturated heterocycles. The number of carbonyl (C=O) groups is 2. The third-order valence-electron chi connectivity index (χ3n) is 2.60. The van der Waals surface area contributed by atoms with E-state index < -0.39 is 12.1 Å². The Bertz CT molecular complexity index is 430. The first-order valence-corrected chi connectivity index (χ1v) is 6.20. The fourth-order valence-electron chi connectivity index (χ4n) is 1.57. The lowest BCUT2D eigenvalue weighted by atomic mass is 10.3. The number of nitrogens with zero attached hydrogens (tertiary/aromatic N) is 2. The summed E-state index contributed by atoms with van der Waals surface area (Å²) < 4.78 is 6.41. The van der Waals surface area contributed by atoms with Crippen LogP contribution in [0.1, 0.15) is 26.1 Å². The Balaban J connectivity index is 2.45. The van der Waals surface area contributed by atoms with Crippen LogP contribution in [-0.2, 0) is 22.6 Å². The number of carbonyl (C=O) groups excluding carboxylic acids is 2. The highest BCUT2D eigenvalue weighted by Crippen LogP contribution is 1.99. The van der Waals surface area contributed by atoms with Gasteiger partial charge in [-0.05, 0) is 13.3 Å². The number of alkyl carbamates (subject to hydrolysis) is 1. The number of amides is 2. The van der Waals surface area contributed by atoms with E-state index in [2.05, 4.69) is 27.3 Å². The molecular weight excluding hydrogens is 248 g/mol. The summed E-state index contributed by atoms with van der Waals surface area (Å²) in [6.07, 6.45) is 3.95. The molecule has 0 aliphatic carbocycles. The first-order valence-electron chi connectivity index (χ1n) is 6.20. The minimum atomic E-state index is -0.651. The van der Waals surface area contributed by atoms with Crippen LogP contribution in [0.15, 0.2) is 12.4 Å². The van der Waals surface area contributed by atoms with Crippen LogP contribution in [-0.4, -0.2) is 34.7 Å². The monoisotopic (exact) mass is 268 g/mol. The highest BCUT2D eigenvalue weighted by molar-refractivity contribution is 5.85. The van der Waals surface area contributed by atoms with Crippen molar-refractivity contribution in [3.05, 3.63) is 18.2 Å². The minimum absolute atomic E-state index is 0.281. The van der Waals surface area contributed by atoms with Crippen LogP contribution >= 0.6 is 0 Å². The molecule has 1 rings (SSSR count). The summed E-state index contributed by atoms with van der Waals surface area (Å²) in [6, 6.07) is -0.651. The van der Waals surface area contributed by atoms with E-state index in [0.717, 1.165) is 18.8 Å². The molecule has 0 unspecified atom stereocenters. The third kappa shape index (κ3) is 4.61. The number of nitrogens with one attached hydrogen (secondary N) is 2. The molecule has 2 amide bonds. The SMILES string of the molecule is CCCn1ccnc1CNC(=O)[C@@H](C)NC(=O)OC. The summed E-state index contributed by atoms with van der Waals surface area (Å²) in [6.45, 7) is 4.86. The van der Waals surface area contributed by atoms with Crippen molar-refractivity contribution in [3.63, 3.8) is 0 Å². The molecule has 2 N–H and O–H groups in total. The molecule has 19 heavy (non-hydrogen) atoms. The second kappa shape index (κ2) is 7.40. The number of aromatic nitrogens is 2. The zero-order chi connectivity index (χ0) is 14.3. The summed E-state index contributed by atoms with van der Waals surface area (Å²) in [5.41, 5.74) is 0. The molecule has 0 aromatic carbocycles. The molecule has 0 spiro atoms. The fraction of sp³-hybridized carbons (Fsp3) is 0.583. The van der Waals surface area contributed by atoms with Gasteiger partial charge >= 0.3 is 6.09 Å². The molecule has 0 bridgehead atoms. The minimum Gasteiger partial charge on any atom is -0.453 e.